The van der Waals surface area contributed by atoms with Gasteiger partial charge in [-0.3, -0.25) is 9.69 Å². The number of ether oxygens (including phenoxy) is 4. The van der Waals surface area contributed by atoms with Crippen LogP contribution in [0.4, 0.5) is 11.5 Å². The molecule has 2 heterocycles. The van der Waals surface area contributed by atoms with Crippen molar-refractivity contribution in [3.63, 3.8) is 0 Å². The van der Waals surface area contributed by atoms with Gasteiger partial charge in [0.1, 0.15) is 18.2 Å². The molecule has 12 nitrogen and oxygen atoms in total. The average molecular weight is 730 g/mol. The van der Waals surface area contributed by atoms with Gasteiger partial charge in [-0.1, -0.05) is 35.8 Å². The fourth-order valence-electron chi connectivity index (χ4n) is 5.49. The van der Waals surface area contributed by atoms with Crippen LogP contribution in [-0.4, -0.2) is 99.0 Å². The molecule has 1 fully saturated rings. The van der Waals surface area contributed by atoms with Crippen LogP contribution in [0.15, 0.2) is 41.1 Å². The van der Waals surface area contributed by atoms with Crippen LogP contribution < -0.4 is 25.4 Å². The monoisotopic (exact) mass is 728 g/mol. The Morgan fingerprint density at radius 1 is 1.06 bits per heavy atom. The summed E-state index contributed by atoms with van der Waals surface area (Å²) in [6, 6.07) is 8.64. The second-order valence-corrected chi connectivity index (χ2v) is 13.0. The second-order valence-electron chi connectivity index (χ2n) is 12.1. The van der Waals surface area contributed by atoms with Gasteiger partial charge in [-0.15, -0.1) is 0 Å². The molecule has 1 amide bonds. The molecule has 262 valence electrons. The van der Waals surface area contributed by atoms with Crippen molar-refractivity contribution in [1.82, 2.24) is 25.5 Å². The lowest BCUT2D eigenvalue weighted by molar-refractivity contribution is -0.147. The Labute approximate surface area is 291 Å². The van der Waals surface area contributed by atoms with Crippen LogP contribution in [-0.2, 0) is 25.5 Å². The maximum Gasteiger partial charge on any atom is 0.328 e. The number of carbonyl (C=O) groups excluding carboxylic acids is 2. The number of nitrogens with one attached hydrogen (secondary N) is 3. The maximum atomic E-state index is 13.2. The fraction of sp³-hybridized carbons (Fsp3) is 0.543. The van der Waals surface area contributed by atoms with E-state index in [1.807, 2.05) is 44.2 Å². The molecule has 4 rings (SSSR count). The molecule has 1 atom stereocenters. The number of hydrogen-bond acceptors (Lipinski definition) is 11. The zero-order valence-corrected chi connectivity index (χ0v) is 30.1. The highest BCUT2D eigenvalue weighted by Crippen LogP contribution is 2.35. The molecule has 0 bridgehead atoms. The number of amides is 1. The van der Waals surface area contributed by atoms with Gasteiger partial charge in [-0.05, 0) is 75.5 Å². The third-order valence-corrected chi connectivity index (χ3v) is 8.39. The van der Waals surface area contributed by atoms with Crippen molar-refractivity contribution in [2.24, 2.45) is 5.92 Å². The smallest absolute Gasteiger partial charge is 0.328 e. The molecule has 1 aliphatic rings. The number of anilines is 2. The van der Waals surface area contributed by atoms with Crippen molar-refractivity contribution < 1.29 is 28.5 Å². The molecule has 48 heavy (non-hydrogen) atoms. The van der Waals surface area contributed by atoms with Gasteiger partial charge in [0.15, 0.2) is 11.5 Å². The van der Waals surface area contributed by atoms with Crippen molar-refractivity contribution >= 4 is 50.2 Å². The first-order chi connectivity index (χ1) is 23.3. The van der Waals surface area contributed by atoms with E-state index in [9.17, 15) is 9.59 Å². The molecule has 1 aromatic heterocycles. The molecular weight excluding hydrogens is 680 g/mol. The van der Waals surface area contributed by atoms with Gasteiger partial charge in [-0.25, -0.2) is 14.8 Å². The van der Waals surface area contributed by atoms with Gasteiger partial charge in [0.2, 0.25) is 5.91 Å². The van der Waals surface area contributed by atoms with Crippen LogP contribution in [0.1, 0.15) is 45.6 Å². The fourth-order valence-corrected chi connectivity index (χ4v) is 5.85. The minimum Gasteiger partial charge on any atom is -0.493 e. The molecule has 0 unspecified atom stereocenters. The van der Waals surface area contributed by atoms with Gasteiger partial charge >= 0.3 is 5.97 Å². The van der Waals surface area contributed by atoms with Gasteiger partial charge in [0, 0.05) is 34.7 Å². The molecular formula is C35H49BrN6O6. The Bertz CT molecular complexity index is 1490. The summed E-state index contributed by atoms with van der Waals surface area (Å²) < 4.78 is 23.2. The summed E-state index contributed by atoms with van der Waals surface area (Å²) in [5, 5.41) is 10.5. The Kier molecular flexibility index (Phi) is 15.1. The van der Waals surface area contributed by atoms with Gasteiger partial charge < -0.3 is 34.9 Å². The highest BCUT2D eigenvalue weighted by molar-refractivity contribution is 9.10. The van der Waals surface area contributed by atoms with Crippen LogP contribution in [0.25, 0.3) is 10.9 Å². The normalized spacial score (nSPS) is 14.1. The number of aromatic nitrogens is 2. The Morgan fingerprint density at radius 2 is 1.85 bits per heavy atom. The molecule has 3 aromatic rings. The van der Waals surface area contributed by atoms with E-state index in [1.165, 1.54) is 6.33 Å². The summed E-state index contributed by atoms with van der Waals surface area (Å²) in [6.07, 6.45) is 3.97. The zero-order chi connectivity index (χ0) is 34.3. The number of rotatable bonds is 19. The molecule has 13 heteroatoms. The zero-order valence-electron chi connectivity index (χ0n) is 28.5. The average Bonchev–Trinajstić information content (AvgIpc) is 3.07. The summed E-state index contributed by atoms with van der Waals surface area (Å²) in [5.74, 6) is 1.24. The van der Waals surface area contributed by atoms with Crippen molar-refractivity contribution in [1.29, 1.82) is 0 Å². The lowest BCUT2D eigenvalue weighted by atomic mass is 10.0. The summed E-state index contributed by atoms with van der Waals surface area (Å²) in [6.45, 7) is 13.1. The van der Waals surface area contributed by atoms with Crippen LogP contribution in [0.2, 0.25) is 0 Å². The maximum absolute atomic E-state index is 13.2. The number of halogens is 1. The van der Waals surface area contributed by atoms with E-state index in [2.05, 4.69) is 46.7 Å². The first kappa shape index (κ1) is 37.3. The highest BCUT2D eigenvalue weighted by Gasteiger charge is 2.24. The third-order valence-electron chi connectivity index (χ3n) is 7.90. The molecule has 1 saturated heterocycles. The summed E-state index contributed by atoms with van der Waals surface area (Å²) in [4.78, 5) is 37.1. The minimum absolute atomic E-state index is 0.0517. The van der Waals surface area contributed by atoms with Crippen LogP contribution in [0.3, 0.4) is 0 Å². The SMILES string of the molecule is CCOC(=O)[C@H](CC(C)C)NC(=O)Cc1ccc(Br)cc1Nc1ncnc2cc(OC)c(OCCCNCCCN3CCOCC3)cc12. The Balaban J connectivity index is 1.40. The first-order valence-electron chi connectivity index (χ1n) is 16.7. The Morgan fingerprint density at radius 3 is 2.60 bits per heavy atom. The predicted molar refractivity (Wildman–Crippen MR) is 190 cm³/mol. The van der Waals surface area contributed by atoms with E-state index in [-0.39, 0.29) is 24.9 Å². The van der Waals surface area contributed by atoms with Crippen LogP contribution >= 0.6 is 15.9 Å². The largest absolute Gasteiger partial charge is 0.493 e. The minimum atomic E-state index is -0.709. The topological polar surface area (TPSA) is 136 Å². The molecule has 2 aromatic carbocycles. The molecule has 0 spiro atoms. The predicted octanol–water partition coefficient (Wildman–Crippen LogP) is 4.86. The standard InChI is InChI=1S/C35H49BrN6O6/c1-5-47-35(44)30(18-24(2)3)40-33(43)19-25-8-9-26(36)20-28(25)41-34-27-21-32(31(45-4)22-29(27)38-23-39-34)48-15-7-11-37-10-6-12-42-13-16-46-17-14-42/h8-9,20-24,30,37H,5-7,10-19H2,1-4H3,(H,40,43)(H,38,39,41)/t30-/m0/s1. The number of fused-ring (bicyclic) bond motifs is 1. The van der Waals surface area contributed by atoms with E-state index < -0.39 is 12.0 Å². The lowest BCUT2D eigenvalue weighted by Crippen LogP contribution is -2.43. The van der Waals surface area contributed by atoms with Crippen molar-refractivity contribution in [3.8, 4) is 11.5 Å². The van der Waals surface area contributed by atoms with Gasteiger partial charge in [0.05, 0.1) is 45.5 Å². The summed E-state index contributed by atoms with van der Waals surface area (Å²) in [5.41, 5.74) is 2.10. The van der Waals surface area contributed by atoms with Gasteiger partial charge in [0.25, 0.3) is 0 Å². The van der Waals surface area contributed by atoms with E-state index >= 15 is 0 Å². The summed E-state index contributed by atoms with van der Waals surface area (Å²) in [7, 11) is 1.61. The van der Waals surface area contributed by atoms with E-state index in [0.717, 1.165) is 74.2 Å². The van der Waals surface area contributed by atoms with Crippen molar-refractivity contribution in [2.45, 2.75) is 52.5 Å². The summed E-state index contributed by atoms with van der Waals surface area (Å²) >= 11 is 3.55. The number of benzene rings is 2. The van der Waals surface area contributed by atoms with Crippen molar-refractivity contribution in [3.05, 3.63) is 46.7 Å². The lowest BCUT2D eigenvalue weighted by Gasteiger charge is -2.26. The van der Waals surface area contributed by atoms with Crippen molar-refractivity contribution in [2.75, 3.05) is 71.6 Å². The molecule has 1 aliphatic heterocycles. The number of carbonyl (C=O) groups is 2. The Hall–Kier alpha value is -3.52. The number of nitrogens with zero attached hydrogens (tertiary/aromatic N) is 3. The van der Waals surface area contributed by atoms with E-state index in [0.29, 0.717) is 41.5 Å². The molecule has 0 aliphatic carbocycles. The van der Waals surface area contributed by atoms with Gasteiger partial charge in [-0.2, -0.15) is 0 Å². The highest BCUT2D eigenvalue weighted by atomic mass is 79.9. The van der Waals surface area contributed by atoms with Crippen LogP contribution in [0.5, 0.6) is 11.5 Å². The molecule has 0 saturated carbocycles. The van der Waals surface area contributed by atoms with Crippen LogP contribution in [0, 0.1) is 5.92 Å². The second kappa shape index (κ2) is 19.5. The van der Waals surface area contributed by atoms with E-state index in [4.69, 9.17) is 18.9 Å². The first-order valence-corrected chi connectivity index (χ1v) is 17.5. The number of esters is 1. The quantitative estimate of drug-likeness (QED) is 0.115. The number of methoxy groups -OCH3 is 1. The number of hydrogen-bond donors (Lipinski definition) is 3. The van der Waals surface area contributed by atoms with E-state index in [1.54, 1.807) is 14.0 Å². The number of morpholine rings is 1. The molecule has 3 N–H and O–H groups in total. The third kappa shape index (κ3) is 11.6. The molecule has 0 radical (unpaired) electrons.